The molecule has 2 aromatic carbocycles. The first-order valence-corrected chi connectivity index (χ1v) is 13.1. The molecule has 1 atom stereocenters. The first-order chi connectivity index (χ1) is 18.1. The highest BCUT2D eigenvalue weighted by Crippen LogP contribution is 2.35. The molecule has 204 valence electrons. The Morgan fingerprint density at radius 3 is 2.74 bits per heavy atom. The van der Waals surface area contributed by atoms with Gasteiger partial charge in [-0.05, 0) is 42.2 Å². The van der Waals surface area contributed by atoms with Crippen molar-refractivity contribution in [3.63, 3.8) is 0 Å². The Morgan fingerprint density at radius 2 is 2.08 bits per heavy atom. The standard InChI is InChI=1S/C28H38BFN4O4/c1-19(2)16-33(11-13-36)17-20-8-9-24(30)21(14-20)15-32-25-7-4-6-22-23(25)18-34(26(22)37)28(29,10-5-12-35)27(38)31-3/h4,6-9,12,14,19,32,36H,5,10-11,13,15-18,29H2,1-3H3,(H,31,38). The van der Waals surface area contributed by atoms with Crippen molar-refractivity contribution in [2.45, 2.75) is 51.8 Å². The molecule has 0 bridgehead atoms. The van der Waals surface area contributed by atoms with E-state index in [4.69, 9.17) is 0 Å². The molecule has 1 aliphatic heterocycles. The summed E-state index contributed by atoms with van der Waals surface area (Å²) in [5.74, 6) is -0.496. The molecule has 0 aromatic heterocycles. The van der Waals surface area contributed by atoms with Crippen molar-refractivity contribution in [3.05, 3.63) is 64.5 Å². The van der Waals surface area contributed by atoms with Crippen molar-refractivity contribution in [1.29, 1.82) is 0 Å². The summed E-state index contributed by atoms with van der Waals surface area (Å²) in [5.41, 5.74) is 2.18. The average molecular weight is 524 g/mol. The molecule has 3 N–H and O–H groups in total. The Hall–Kier alpha value is -3.24. The molecule has 3 rings (SSSR count). The summed E-state index contributed by atoms with van der Waals surface area (Å²) in [4.78, 5) is 40.8. The highest BCUT2D eigenvalue weighted by atomic mass is 19.1. The molecular weight excluding hydrogens is 486 g/mol. The molecule has 1 aliphatic rings. The molecule has 0 fully saturated rings. The first kappa shape index (κ1) is 29.3. The van der Waals surface area contributed by atoms with Gasteiger partial charge in [-0.2, -0.15) is 0 Å². The minimum absolute atomic E-state index is 0.0608. The second-order valence-corrected chi connectivity index (χ2v) is 10.4. The maximum absolute atomic E-state index is 14.7. The fourth-order valence-corrected chi connectivity index (χ4v) is 5.08. The van der Waals surface area contributed by atoms with Crippen molar-refractivity contribution in [1.82, 2.24) is 15.1 Å². The van der Waals surface area contributed by atoms with Crippen molar-refractivity contribution in [2.24, 2.45) is 5.92 Å². The lowest BCUT2D eigenvalue weighted by Gasteiger charge is -2.37. The lowest BCUT2D eigenvalue weighted by atomic mass is 9.71. The number of halogens is 1. The number of aliphatic hydroxyl groups excluding tert-OH is 1. The fourth-order valence-electron chi connectivity index (χ4n) is 5.08. The maximum Gasteiger partial charge on any atom is 0.254 e. The van der Waals surface area contributed by atoms with E-state index in [0.717, 1.165) is 24.0 Å². The number of hydrogen-bond donors (Lipinski definition) is 3. The minimum Gasteiger partial charge on any atom is -0.395 e. The van der Waals surface area contributed by atoms with Gasteiger partial charge in [0.2, 0.25) is 5.91 Å². The Balaban J connectivity index is 1.80. The van der Waals surface area contributed by atoms with Crippen LogP contribution in [0.3, 0.4) is 0 Å². The SMILES string of the molecule is BC(CCC=O)(C(=O)NC)N1Cc2c(NCc3cc(CN(CCO)CC(C)C)ccc3F)cccc2C1=O. The number of nitrogens with zero attached hydrogens (tertiary/aromatic N) is 2. The lowest BCUT2D eigenvalue weighted by molar-refractivity contribution is -0.127. The summed E-state index contributed by atoms with van der Waals surface area (Å²) in [6.07, 6.45) is 1.11. The van der Waals surface area contributed by atoms with E-state index in [9.17, 15) is 23.9 Å². The quantitative estimate of drug-likeness (QED) is 0.258. The molecule has 38 heavy (non-hydrogen) atoms. The monoisotopic (exact) mass is 524 g/mol. The van der Waals surface area contributed by atoms with Gasteiger partial charge in [-0.25, -0.2) is 4.39 Å². The smallest absolute Gasteiger partial charge is 0.254 e. The van der Waals surface area contributed by atoms with E-state index in [-0.39, 0.29) is 50.2 Å². The predicted molar refractivity (Wildman–Crippen MR) is 148 cm³/mol. The van der Waals surface area contributed by atoms with Gasteiger partial charge < -0.3 is 25.4 Å². The van der Waals surface area contributed by atoms with Crippen LogP contribution in [0, 0.1) is 11.7 Å². The molecule has 0 saturated heterocycles. The van der Waals surface area contributed by atoms with Crippen molar-refractivity contribution in [3.8, 4) is 0 Å². The average Bonchev–Trinajstić information content (AvgIpc) is 3.24. The number of aldehydes is 1. The van der Waals surface area contributed by atoms with Gasteiger partial charge in [0.15, 0.2) is 0 Å². The highest BCUT2D eigenvalue weighted by molar-refractivity contribution is 6.30. The van der Waals surface area contributed by atoms with E-state index in [1.165, 1.54) is 18.0 Å². The minimum atomic E-state index is -1.18. The fraction of sp³-hybridized carbons (Fsp3) is 0.464. The van der Waals surface area contributed by atoms with Crippen LogP contribution in [0.2, 0.25) is 0 Å². The van der Waals surface area contributed by atoms with Crippen LogP contribution < -0.4 is 10.6 Å². The van der Waals surface area contributed by atoms with Crippen LogP contribution >= 0.6 is 0 Å². The van der Waals surface area contributed by atoms with Crippen LogP contribution in [0.15, 0.2) is 36.4 Å². The third-order valence-corrected chi connectivity index (χ3v) is 7.05. The van der Waals surface area contributed by atoms with E-state index in [0.29, 0.717) is 35.8 Å². The third kappa shape index (κ3) is 6.60. The van der Waals surface area contributed by atoms with Crippen molar-refractivity contribution in [2.75, 3.05) is 32.1 Å². The normalized spacial score (nSPS) is 14.5. The summed E-state index contributed by atoms with van der Waals surface area (Å²) < 4.78 is 14.7. The molecule has 1 heterocycles. The van der Waals surface area contributed by atoms with Crippen LogP contribution in [0.4, 0.5) is 10.1 Å². The second kappa shape index (κ2) is 13.0. The number of fused-ring (bicyclic) bond motifs is 1. The van der Waals surface area contributed by atoms with Gasteiger partial charge in [-0.15, -0.1) is 0 Å². The number of anilines is 1. The van der Waals surface area contributed by atoms with Gasteiger partial charge in [0.1, 0.15) is 19.9 Å². The molecule has 0 aliphatic carbocycles. The van der Waals surface area contributed by atoms with Crippen molar-refractivity contribution < 1.29 is 23.9 Å². The molecule has 2 amide bonds. The zero-order chi connectivity index (χ0) is 27.9. The molecule has 8 nitrogen and oxygen atoms in total. The predicted octanol–water partition coefficient (Wildman–Crippen LogP) is 1.90. The van der Waals surface area contributed by atoms with Gasteiger partial charge in [0.25, 0.3) is 5.91 Å². The number of carbonyl (C=O) groups is 3. The van der Waals surface area contributed by atoms with Gasteiger partial charge in [-0.3, -0.25) is 14.5 Å². The van der Waals surface area contributed by atoms with Crippen LogP contribution in [-0.2, 0) is 29.2 Å². The molecule has 10 heteroatoms. The largest absolute Gasteiger partial charge is 0.395 e. The Labute approximate surface area is 225 Å². The molecule has 0 spiro atoms. The topological polar surface area (TPSA) is 102 Å². The number of amides is 2. The summed E-state index contributed by atoms with van der Waals surface area (Å²) >= 11 is 0. The third-order valence-electron chi connectivity index (χ3n) is 7.05. The number of hydrogen-bond acceptors (Lipinski definition) is 6. The van der Waals surface area contributed by atoms with Crippen LogP contribution in [0.25, 0.3) is 0 Å². The summed E-state index contributed by atoms with van der Waals surface area (Å²) in [6.45, 7) is 6.70. The zero-order valence-corrected chi connectivity index (χ0v) is 22.7. The van der Waals surface area contributed by atoms with Crippen LogP contribution in [-0.4, -0.2) is 73.0 Å². The number of rotatable bonds is 14. The second-order valence-electron chi connectivity index (χ2n) is 10.4. The number of carbonyl (C=O) groups excluding carboxylic acids is 3. The summed E-state index contributed by atoms with van der Waals surface area (Å²) in [6, 6.07) is 10.4. The number of aliphatic hydroxyl groups is 1. The first-order valence-electron chi connectivity index (χ1n) is 13.1. The van der Waals surface area contributed by atoms with Gasteiger partial charge in [0, 0.05) is 68.6 Å². The van der Waals surface area contributed by atoms with E-state index in [2.05, 4.69) is 29.4 Å². The molecule has 0 saturated carbocycles. The van der Waals surface area contributed by atoms with Crippen LogP contribution in [0.1, 0.15) is 53.7 Å². The van der Waals surface area contributed by atoms with E-state index in [1.54, 1.807) is 26.0 Å². The van der Waals surface area contributed by atoms with Crippen molar-refractivity contribution >= 4 is 31.6 Å². The van der Waals surface area contributed by atoms with E-state index in [1.807, 2.05) is 12.1 Å². The van der Waals surface area contributed by atoms with Gasteiger partial charge >= 0.3 is 0 Å². The molecule has 1 unspecified atom stereocenters. The van der Waals surface area contributed by atoms with E-state index >= 15 is 0 Å². The zero-order valence-electron chi connectivity index (χ0n) is 22.7. The summed E-state index contributed by atoms with van der Waals surface area (Å²) in [5, 5.41) is 15.3. The Kier molecular flexibility index (Phi) is 10.0. The lowest BCUT2D eigenvalue weighted by Crippen LogP contribution is -2.59. The van der Waals surface area contributed by atoms with E-state index < -0.39 is 5.44 Å². The van der Waals surface area contributed by atoms with Crippen LogP contribution in [0.5, 0.6) is 0 Å². The number of benzene rings is 2. The summed E-state index contributed by atoms with van der Waals surface area (Å²) in [7, 11) is 3.18. The van der Waals surface area contributed by atoms with Gasteiger partial charge in [0.05, 0.1) is 12.0 Å². The Morgan fingerprint density at radius 1 is 1.32 bits per heavy atom. The number of nitrogens with one attached hydrogen (secondary N) is 2. The maximum atomic E-state index is 14.7. The van der Waals surface area contributed by atoms with Gasteiger partial charge in [-0.1, -0.05) is 26.0 Å². The number of likely N-dealkylation sites (N-methyl/N-ethyl adjacent to an activating group) is 1. The molecule has 2 aromatic rings. The molecule has 0 radical (unpaired) electrons. The Bertz CT molecular complexity index is 1160. The molecular formula is C28H38BFN4O4. The highest BCUT2D eigenvalue weighted by Gasteiger charge is 2.45.